The van der Waals surface area contributed by atoms with Gasteiger partial charge in [0.2, 0.25) is 10.0 Å². The van der Waals surface area contributed by atoms with Crippen molar-refractivity contribution in [1.82, 2.24) is 9.71 Å². The van der Waals surface area contributed by atoms with Crippen LogP contribution in [-0.2, 0) is 16.4 Å². The zero-order chi connectivity index (χ0) is 15.6. The highest BCUT2D eigenvalue weighted by molar-refractivity contribution is 9.10. The summed E-state index contributed by atoms with van der Waals surface area (Å²) in [6.45, 7) is 3.82. The Morgan fingerprint density at radius 3 is 2.76 bits per heavy atom. The lowest BCUT2D eigenvalue weighted by molar-refractivity contribution is 0.566. The van der Waals surface area contributed by atoms with Gasteiger partial charge >= 0.3 is 0 Å². The Kier molecular flexibility index (Phi) is 5.43. The van der Waals surface area contributed by atoms with Gasteiger partial charge in [-0.2, -0.15) is 0 Å². The number of hydrogen-bond acceptors (Lipinski definition) is 4. The minimum atomic E-state index is -3.62. The van der Waals surface area contributed by atoms with Crippen molar-refractivity contribution in [3.05, 3.63) is 43.8 Å². The molecule has 0 radical (unpaired) electrons. The first-order valence-electron chi connectivity index (χ1n) is 6.25. The van der Waals surface area contributed by atoms with Crippen molar-refractivity contribution < 1.29 is 8.42 Å². The van der Waals surface area contributed by atoms with E-state index in [2.05, 4.69) is 25.6 Å². The molecule has 114 valence electrons. The lowest BCUT2D eigenvalue weighted by Crippen LogP contribution is -2.26. The van der Waals surface area contributed by atoms with Crippen LogP contribution in [0.15, 0.2) is 33.8 Å². The molecule has 1 aromatic heterocycles. The van der Waals surface area contributed by atoms with Crippen LogP contribution < -0.4 is 4.72 Å². The van der Waals surface area contributed by atoms with E-state index < -0.39 is 10.0 Å². The highest BCUT2D eigenvalue weighted by atomic mass is 79.9. The first-order valence-corrected chi connectivity index (χ1v) is 9.72. The fourth-order valence-electron chi connectivity index (χ4n) is 1.68. The molecule has 1 unspecified atom stereocenters. The Hall–Kier alpha value is -0.470. The van der Waals surface area contributed by atoms with Gasteiger partial charge in [-0.3, -0.25) is 0 Å². The quantitative estimate of drug-likeness (QED) is 0.806. The summed E-state index contributed by atoms with van der Waals surface area (Å²) in [5.74, 6) is 0. The number of nitrogens with one attached hydrogen (secondary N) is 1. The standard InChI is InChI=1S/C13H14BrClN2O2S2/c1-3-9-7-16-13(20-9)8(2)17-21(18,19)10-4-5-12(15)11(14)6-10/h4-8,17H,3H2,1-2H3. The molecule has 2 aromatic rings. The Balaban J connectivity index is 2.22. The predicted octanol–water partition coefficient (Wildman–Crippen LogP) is 4.16. The van der Waals surface area contributed by atoms with Gasteiger partial charge in [0.15, 0.2) is 0 Å². The largest absolute Gasteiger partial charge is 0.248 e. The topological polar surface area (TPSA) is 59.1 Å². The third kappa shape index (κ3) is 4.04. The minimum absolute atomic E-state index is 0.165. The molecule has 2 rings (SSSR count). The molecule has 0 spiro atoms. The van der Waals surface area contributed by atoms with E-state index in [-0.39, 0.29) is 10.9 Å². The lowest BCUT2D eigenvalue weighted by atomic mass is 10.4. The van der Waals surface area contributed by atoms with Crippen LogP contribution in [0.3, 0.4) is 0 Å². The number of rotatable bonds is 5. The number of benzene rings is 1. The second-order valence-corrected chi connectivity index (χ2v) is 8.56. The fraction of sp³-hybridized carbons (Fsp3) is 0.308. The van der Waals surface area contributed by atoms with Crippen LogP contribution in [0.4, 0.5) is 0 Å². The van der Waals surface area contributed by atoms with Gasteiger partial charge in [-0.15, -0.1) is 11.3 Å². The zero-order valence-electron chi connectivity index (χ0n) is 11.4. The number of halogens is 2. The van der Waals surface area contributed by atoms with Gasteiger partial charge in [-0.05, 0) is 47.5 Å². The molecule has 0 aliphatic rings. The maximum atomic E-state index is 12.4. The van der Waals surface area contributed by atoms with Crippen molar-refractivity contribution in [2.45, 2.75) is 31.2 Å². The molecule has 1 aromatic carbocycles. The summed E-state index contributed by atoms with van der Waals surface area (Å²) in [6.07, 6.45) is 2.67. The van der Waals surface area contributed by atoms with Gasteiger partial charge in [0.05, 0.1) is 16.0 Å². The van der Waals surface area contributed by atoms with E-state index in [4.69, 9.17) is 11.6 Å². The summed E-state index contributed by atoms with van der Waals surface area (Å²) in [4.78, 5) is 5.55. The summed E-state index contributed by atoms with van der Waals surface area (Å²) in [5, 5.41) is 1.22. The summed E-state index contributed by atoms with van der Waals surface area (Å²) in [5.41, 5.74) is 0. The van der Waals surface area contributed by atoms with Crippen LogP contribution in [0.2, 0.25) is 5.02 Å². The number of aromatic nitrogens is 1. The van der Waals surface area contributed by atoms with Gasteiger partial charge in [0, 0.05) is 15.5 Å². The molecule has 21 heavy (non-hydrogen) atoms. The molecule has 8 heteroatoms. The second kappa shape index (κ2) is 6.75. The van der Waals surface area contributed by atoms with Crippen LogP contribution in [0.25, 0.3) is 0 Å². The number of aryl methyl sites for hydroxylation is 1. The Bertz CT molecular complexity index is 746. The first kappa shape index (κ1) is 16.9. The van der Waals surface area contributed by atoms with Crippen molar-refractivity contribution in [3.8, 4) is 0 Å². The molecule has 1 atom stereocenters. The van der Waals surface area contributed by atoms with Crippen molar-refractivity contribution in [1.29, 1.82) is 0 Å². The van der Waals surface area contributed by atoms with Gasteiger partial charge in [-0.1, -0.05) is 18.5 Å². The molecule has 0 aliphatic carbocycles. The van der Waals surface area contributed by atoms with Gasteiger partial charge in [-0.25, -0.2) is 18.1 Å². The molecular formula is C13H14BrClN2O2S2. The molecule has 4 nitrogen and oxygen atoms in total. The average Bonchev–Trinajstić information content (AvgIpc) is 2.90. The molecule has 0 saturated carbocycles. The minimum Gasteiger partial charge on any atom is -0.248 e. The fourth-order valence-corrected chi connectivity index (χ4v) is 4.50. The summed E-state index contributed by atoms with van der Waals surface area (Å²) in [7, 11) is -3.62. The summed E-state index contributed by atoms with van der Waals surface area (Å²) < 4.78 is 27.9. The normalized spacial score (nSPS) is 13.3. The van der Waals surface area contributed by atoms with Gasteiger partial charge in [0.25, 0.3) is 0 Å². The number of nitrogens with zero attached hydrogens (tertiary/aromatic N) is 1. The molecule has 0 aliphatic heterocycles. The maximum absolute atomic E-state index is 12.4. The van der Waals surface area contributed by atoms with Gasteiger partial charge in [0.1, 0.15) is 5.01 Å². The molecule has 0 amide bonds. The second-order valence-electron chi connectivity index (χ2n) is 4.44. The molecule has 0 saturated heterocycles. The Labute approximate surface area is 141 Å². The third-order valence-electron chi connectivity index (χ3n) is 2.82. The van der Waals surface area contributed by atoms with Crippen LogP contribution >= 0.6 is 38.9 Å². The monoisotopic (exact) mass is 408 g/mol. The van der Waals surface area contributed by atoms with Crippen molar-refractivity contribution in [2.24, 2.45) is 0 Å². The van der Waals surface area contributed by atoms with E-state index in [1.807, 2.05) is 6.92 Å². The molecular weight excluding hydrogens is 396 g/mol. The number of sulfonamides is 1. The van der Waals surface area contributed by atoms with E-state index in [1.165, 1.54) is 23.5 Å². The zero-order valence-corrected chi connectivity index (χ0v) is 15.4. The smallest absolute Gasteiger partial charge is 0.241 e. The third-order valence-corrected chi connectivity index (χ3v) is 6.90. The van der Waals surface area contributed by atoms with Gasteiger partial charge < -0.3 is 0 Å². The lowest BCUT2D eigenvalue weighted by Gasteiger charge is -2.12. The first-order chi connectivity index (χ1) is 9.83. The van der Waals surface area contributed by atoms with E-state index in [0.717, 1.165) is 16.3 Å². The summed E-state index contributed by atoms with van der Waals surface area (Å²) >= 11 is 10.6. The van der Waals surface area contributed by atoms with Crippen LogP contribution in [-0.4, -0.2) is 13.4 Å². The number of thiazole rings is 1. The maximum Gasteiger partial charge on any atom is 0.241 e. The molecule has 0 bridgehead atoms. The molecule has 0 fully saturated rings. The van der Waals surface area contributed by atoms with E-state index in [9.17, 15) is 8.42 Å². The highest BCUT2D eigenvalue weighted by Crippen LogP contribution is 2.27. The van der Waals surface area contributed by atoms with Crippen LogP contribution in [0, 0.1) is 0 Å². The number of hydrogen-bond donors (Lipinski definition) is 1. The van der Waals surface area contributed by atoms with Crippen LogP contribution in [0.1, 0.15) is 29.8 Å². The van der Waals surface area contributed by atoms with Crippen LogP contribution in [0.5, 0.6) is 0 Å². The van der Waals surface area contributed by atoms with E-state index in [0.29, 0.717) is 9.50 Å². The molecule has 1 N–H and O–H groups in total. The molecule has 1 heterocycles. The SMILES string of the molecule is CCc1cnc(C(C)NS(=O)(=O)c2ccc(Cl)c(Br)c2)s1. The van der Waals surface area contributed by atoms with Crippen molar-refractivity contribution >= 4 is 48.9 Å². The van der Waals surface area contributed by atoms with E-state index in [1.54, 1.807) is 19.2 Å². The Morgan fingerprint density at radius 2 is 2.19 bits per heavy atom. The predicted molar refractivity (Wildman–Crippen MR) is 89.4 cm³/mol. The average molecular weight is 410 g/mol. The summed E-state index contributed by atoms with van der Waals surface area (Å²) in [6, 6.07) is 4.12. The van der Waals surface area contributed by atoms with E-state index >= 15 is 0 Å². The highest BCUT2D eigenvalue weighted by Gasteiger charge is 2.21. The Morgan fingerprint density at radius 1 is 1.48 bits per heavy atom. The van der Waals surface area contributed by atoms with Crippen molar-refractivity contribution in [3.63, 3.8) is 0 Å². The van der Waals surface area contributed by atoms with Crippen molar-refractivity contribution in [2.75, 3.05) is 0 Å².